The zero-order chi connectivity index (χ0) is 13.9. The Balaban J connectivity index is 1.60. The summed E-state index contributed by atoms with van der Waals surface area (Å²) in [6, 6.07) is 9.57. The van der Waals surface area contributed by atoms with Crippen molar-refractivity contribution in [1.82, 2.24) is 14.9 Å². The van der Waals surface area contributed by atoms with Gasteiger partial charge in [0.05, 0.1) is 18.8 Å². The smallest absolute Gasteiger partial charge is 0.410 e. The summed E-state index contributed by atoms with van der Waals surface area (Å²) >= 11 is 5.73. The highest BCUT2D eigenvalue weighted by molar-refractivity contribution is 6.28. The zero-order valence-electron chi connectivity index (χ0n) is 10.6. The van der Waals surface area contributed by atoms with Crippen molar-refractivity contribution in [2.45, 2.75) is 19.7 Å². The van der Waals surface area contributed by atoms with Crippen molar-refractivity contribution in [2.75, 3.05) is 0 Å². The number of halogens is 1. The molecule has 1 aromatic heterocycles. The van der Waals surface area contributed by atoms with Crippen LogP contribution in [0.4, 0.5) is 4.79 Å². The third kappa shape index (κ3) is 2.72. The van der Waals surface area contributed by atoms with Crippen molar-refractivity contribution >= 4 is 17.7 Å². The van der Waals surface area contributed by atoms with Gasteiger partial charge < -0.3 is 4.74 Å². The lowest BCUT2D eigenvalue weighted by Gasteiger charge is -2.14. The van der Waals surface area contributed by atoms with Crippen LogP contribution in [0.1, 0.15) is 16.8 Å². The van der Waals surface area contributed by atoms with Gasteiger partial charge in [-0.05, 0) is 17.2 Å². The highest BCUT2D eigenvalue weighted by Gasteiger charge is 2.26. The number of rotatable bonds is 2. The summed E-state index contributed by atoms with van der Waals surface area (Å²) in [6.45, 7) is 1.13. The summed E-state index contributed by atoms with van der Waals surface area (Å²) in [5, 5.41) is 0.197. The average molecular weight is 290 g/mol. The lowest BCUT2D eigenvalue weighted by atomic mass is 10.2. The molecule has 1 amide bonds. The summed E-state index contributed by atoms with van der Waals surface area (Å²) in [5.41, 5.74) is 2.65. The number of fused-ring (bicyclic) bond motifs is 1. The molecular weight excluding hydrogens is 278 g/mol. The van der Waals surface area contributed by atoms with E-state index in [0.717, 1.165) is 16.8 Å². The van der Waals surface area contributed by atoms with Gasteiger partial charge in [-0.3, -0.25) is 4.90 Å². The molecule has 2 aromatic rings. The van der Waals surface area contributed by atoms with Gasteiger partial charge in [-0.2, -0.15) is 0 Å². The predicted molar refractivity (Wildman–Crippen MR) is 72.9 cm³/mol. The van der Waals surface area contributed by atoms with Crippen LogP contribution in [0, 0.1) is 0 Å². The number of carbonyl (C=O) groups is 1. The molecule has 0 N–H and O–H groups in total. The van der Waals surface area contributed by atoms with Gasteiger partial charge in [-0.15, -0.1) is 0 Å². The number of hydrogen-bond acceptors (Lipinski definition) is 4. The number of hydrogen-bond donors (Lipinski definition) is 0. The second-order valence-corrected chi connectivity index (χ2v) is 4.85. The topological polar surface area (TPSA) is 55.3 Å². The zero-order valence-corrected chi connectivity index (χ0v) is 11.4. The molecule has 0 aliphatic carbocycles. The fourth-order valence-corrected chi connectivity index (χ4v) is 2.22. The lowest BCUT2D eigenvalue weighted by molar-refractivity contribution is 0.0953. The number of carbonyl (C=O) groups excluding carboxylic acids is 1. The second kappa shape index (κ2) is 5.46. The number of aromatic nitrogens is 2. The van der Waals surface area contributed by atoms with Crippen molar-refractivity contribution in [3.63, 3.8) is 0 Å². The molecule has 0 atom stereocenters. The second-order valence-electron chi connectivity index (χ2n) is 4.51. The van der Waals surface area contributed by atoms with Gasteiger partial charge in [0, 0.05) is 11.8 Å². The number of nitrogens with zero attached hydrogens (tertiary/aromatic N) is 3. The Morgan fingerprint density at radius 3 is 2.90 bits per heavy atom. The van der Waals surface area contributed by atoms with Crippen LogP contribution in [0.3, 0.4) is 0 Å². The van der Waals surface area contributed by atoms with E-state index in [2.05, 4.69) is 9.97 Å². The fourth-order valence-electron chi connectivity index (χ4n) is 2.07. The minimum atomic E-state index is -0.358. The van der Waals surface area contributed by atoms with E-state index in [1.54, 1.807) is 11.1 Å². The molecule has 1 aliphatic heterocycles. The number of amides is 1. The molecule has 2 heterocycles. The van der Waals surface area contributed by atoms with Crippen molar-refractivity contribution in [1.29, 1.82) is 0 Å². The maximum Gasteiger partial charge on any atom is 0.410 e. The Kier molecular flexibility index (Phi) is 3.52. The molecule has 3 rings (SSSR count). The molecule has 0 radical (unpaired) electrons. The minimum absolute atomic E-state index is 0.197. The van der Waals surface area contributed by atoms with Crippen molar-refractivity contribution in [3.8, 4) is 0 Å². The standard InChI is InChI=1S/C14H12ClN3O2/c15-13-16-6-11-7-18(8-12(11)17-13)14(19)20-9-10-4-2-1-3-5-10/h1-6H,7-9H2. The first kappa shape index (κ1) is 12.9. The van der Waals surface area contributed by atoms with E-state index in [-0.39, 0.29) is 18.0 Å². The van der Waals surface area contributed by atoms with E-state index in [4.69, 9.17) is 16.3 Å². The molecule has 0 bridgehead atoms. The van der Waals surface area contributed by atoms with E-state index in [0.29, 0.717) is 13.1 Å². The van der Waals surface area contributed by atoms with E-state index in [1.807, 2.05) is 30.3 Å². The Morgan fingerprint density at radius 2 is 2.10 bits per heavy atom. The van der Waals surface area contributed by atoms with E-state index in [9.17, 15) is 4.79 Å². The van der Waals surface area contributed by atoms with Gasteiger partial charge in [-0.1, -0.05) is 30.3 Å². The normalized spacial score (nSPS) is 13.2. The SMILES string of the molecule is O=C(OCc1ccccc1)N1Cc2cnc(Cl)nc2C1. The molecule has 0 fully saturated rings. The molecule has 102 valence electrons. The van der Waals surface area contributed by atoms with Crippen LogP contribution in [-0.2, 0) is 24.4 Å². The van der Waals surface area contributed by atoms with Crippen molar-refractivity contribution < 1.29 is 9.53 Å². The summed E-state index contributed by atoms with van der Waals surface area (Å²) in [6.07, 6.45) is 1.29. The number of ether oxygens (including phenoxy) is 1. The van der Waals surface area contributed by atoms with Crippen LogP contribution < -0.4 is 0 Å². The third-order valence-electron chi connectivity index (χ3n) is 3.09. The quantitative estimate of drug-likeness (QED) is 0.798. The first-order valence-corrected chi connectivity index (χ1v) is 6.56. The highest BCUT2D eigenvalue weighted by Crippen LogP contribution is 2.22. The lowest BCUT2D eigenvalue weighted by Crippen LogP contribution is -2.26. The monoisotopic (exact) mass is 289 g/mol. The molecule has 6 heteroatoms. The Morgan fingerprint density at radius 1 is 1.30 bits per heavy atom. The van der Waals surface area contributed by atoms with Crippen LogP contribution in [0.2, 0.25) is 5.28 Å². The predicted octanol–water partition coefficient (Wildman–Crippen LogP) is 2.78. The van der Waals surface area contributed by atoms with Crippen LogP contribution in [0.5, 0.6) is 0 Å². The van der Waals surface area contributed by atoms with Gasteiger partial charge in [-0.25, -0.2) is 14.8 Å². The molecule has 0 unspecified atom stereocenters. The minimum Gasteiger partial charge on any atom is -0.445 e. The third-order valence-corrected chi connectivity index (χ3v) is 3.27. The van der Waals surface area contributed by atoms with E-state index in [1.165, 1.54) is 0 Å². The van der Waals surface area contributed by atoms with Gasteiger partial charge in [0.2, 0.25) is 5.28 Å². The Labute approximate surface area is 121 Å². The van der Waals surface area contributed by atoms with Crippen LogP contribution in [-0.4, -0.2) is 21.0 Å². The van der Waals surface area contributed by atoms with Gasteiger partial charge in [0.25, 0.3) is 0 Å². The molecule has 0 spiro atoms. The molecule has 1 aromatic carbocycles. The average Bonchev–Trinajstić information content (AvgIpc) is 2.89. The Bertz CT molecular complexity index is 634. The molecular formula is C14H12ClN3O2. The number of benzene rings is 1. The van der Waals surface area contributed by atoms with Crippen LogP contribution in [0.25, 0.3) is 0 Å². The fraction of sp³-hybridized carbons (Fsp3) is 0.214. The van der Waals surface area contributed by atoms with E-state index >= 15 is 0 Å². The summed E-state index contributed by atoms with van der Waals surface area (Å²) in [4.78, 5) is 21.6. The summed E-state index contributed by atoms with van der Waals surface area (Å²) < 4.78 is 5.28. The first-order valence-electron chi connectivity index (χ1n) is 6.18. The maximum atomic E-state index is 12.0. The molecule has 0 saturated carbocycles. The van der Waals surface area contributed by atoms with Gasteiger partial charge in [0.15, 0.2) is 0 Å². The molecule has 1 aliphatic rings. The summed E-state index contributed by atoms with van der Waals surface area (Å²) in [7, 11) is 0. The van der Waals surface area contributed by atoms with E-state index < -0.39 is 0 Å². The molecule has 0 saturated heterocycles. The molecule has 5 nitrogen and oxygen atoms in total. The van der Waals surface area contributed by atoms with Gasteiger partial charge in [0.1, 0.15) is 6.61 Å². The van der Waals surface area contributed by atoms with Crippen molar-refractivity contribution in [3.05, 3.63) is 58.6 Å². The maximum absolute atomic E-state index is 12.0. The largest absolute Gasteiger partial charge is 0.445 e. The van der Waals surface area contributed by atoms with Crippen LogP contribution >= 0.6 is 11.6 Å². The van der Waals surface area contributed by atoms with Crippen LogP contribution in [0.15, 0.2) is 36.5 Å². The van der Waals surface area contributed by atoms with Crippen molar-refractivity contribution in [2.24, 2.45) is 0 Å². The Hall–Kier alpha value is -2.14. The highest BCUT2D eigenvalue weighted by atomic mass is 35.5. The summed E-state index contributed by atoms with van der Waals surface area (Å²) in [5.74, 6) is 0. The first-order chi connectivity index (χ1) is 9.72. The van der Waals surface area contributed by atoms with Gasteiger partial charge >= 0.3 is 6.09 Å². The molecule has 20 heavy (non-hydrogen) atoms.